The van der Waals surface area contributed by atoms with Crippen molar-refractivity contribution < 1.29 is 5.11 Å². The lowest BCUT2D eigenvalue weighted by atomic mass is 10.1. The van der Waals surface area contributed by atoms with Gasteiger partial charge in [-0.25, -0.2) is 0 Å². The average molecular weight is 247 g/mol. The molecule has 3 heteroatoms. The zero-order valence-electron chi connectivity index (χ0n) is 11.2. The van der Waals surface area contributed by atoms with E-state index in [-0.39, 0.29) is 12.6 Å². The van der Waals surface area contributed by atoms with Crippen molar-refractivity contribution in [1.82, 2.24) is 5.32 Å². The van der Waals surface area contributed by atoms with Gasteiger partial charge in [-0.1, -0.05) is 32.6 Å². The number of thioether (sulfide) groups is 1. The van der Waals surface area contributed by atoms with Gasteiger partial charge in [0.05, 0.1) is 6.61 Å². The Balaban J connectivity index is 3.53. The Morgan fingerprint density at radius 3 is 2.50 bits per heavy atom. The number of aliphatic hydroxyl groups is 1. The first kappa shape index (κ1) is 16.3. The summed E-state index contributed by atoms with van der Waals surface area (Å²) < 4.78 is 0. The minimum Gasteiger partial charge on any atom is -0.395 e. The molecule has 0 fully saturated rings. The van der Waals surface area contributed by atoms with Crippen molar-refractivity contribution in [2.45, 2.75) is 64.5 Å². The SMILES string of the molecule is CCCCCCC(C)NC(CO)CCSC. The molecule has 0 amide bonds. The zero-order chi connectivity index (χ0) is 12.2. The Morgan fingerprint density at radius 1 is 1.19 bits per heavy atom. The van der Waals surface area contributed by atoms with Crippen molar-refractivity contribution in [1.29, 1.82) is 0 Å². The minimum atomic E-state index is 0.264. The van der Waals surface area contributed by atoms with E-state index in [1.54, 1.807) is 0 Å². The molecule has 0 aromatic carbocycles. The largest absolute Gasteiger partial charge is 0.395 e. The standard InChI is InChI=1S/C13H29NOS/c1-4-5-6-7-8-12(2)14-13(11-15)9-10-16-3/h12-15H,4-11H2,1-3H3. The summed E-state index contributed by atoms with van der Waals surface area (Å²) in [6, 6.07) is 0.824. The van der Waals surface area contributed by atoms with Gasteiger partial charge in [-0.3, -0.25) is 0 Å². The highest BCUT2D eigenvalue weighted by atomic mass is 32.2. The lowest BCUT2D eigenvalue weighted by Gasteiger charge is -2.21. The van der Waals surface area contributed by atoms with Crippen LogP contribution >= 0.6 is 11.8 Å². The highest BCUT2D eigenvalue weighted by molar-refractivity contribution is 7.98. The summed E-state index contributed by atoms with van der Waals surface area (Å²) >= 11 is 1.85. The second-order valence-corrected chi connectivity index (χ2v) is 5.56. The summed E-state index contributed by atoms with van der Waals surface area (Å²) in [7, 11) is 0. The van der Waals surface area contributed by atoms with E-state index in [4.69, 9.17) is 0 Å². The van der Waals surface area contributed by atoms with Crippen molar-refractivity contribution in [2.75, 3.05) is 18.6 Å². The molecule has 2 unspecified atom stereocenters. The number of unbranched alkanes of at least 4 members (excludes halogenated alkanes) is 3. The van der Waals surface area contributed by atoms with E-state index in [1.165, 1.54) is 32.1 Å². The van der Waals surface area contributed by atoms with E-state index in [9.17, 15) is 5.11 Å². The van der Waals surface area contributed by atoms with Crippen LogP contribution in [0.2, 0.25) is 0 Å². The monoisotopic (exact) mass is 247 g/mol. The van der Waals surface area contributed by atoms with Crippen LogP contribution in [-0.2, 0) is 0 Å². The van der Waals surface area contributed by atoms with Crippen molar-refractivity contribution in [3.8, 4) is 0 Å². The molecule has 0 saturated heterocycles. The van der Waals surface area contributed by atoms with E-state index in [0.29, 0.717) is 6.04 Å². The third kappa shape index (κ3) is 9.49. The summed E-state index contributed by atoms with van der Waals surface area (Å²) in [4.78, 5) is 0. The van der Waals surface area contributed by atoms with Crippen molar-refractivity contribution in [3.63, 3.8) is 0 Å². The Labute approximate surface area is 106 Å². The van der Waals surface area contributed by atoms with Gasteiger partial charge in [-0.05, 0) is 31.8 Å². The van der Waals surface area contributed by atoms with Crippen LogP contribution in [-0.4, -0.2) is 35.8 Å². The molecule has 0 aliphatic rings. The van der Waals surface area contributed by atoms with Gasteiger partial charge in [0, 0.05) is 12.1 Å². The summed E-state index contributed by atoms with van der Waals surface area (Å²) in [5.74, 6) is 1.13. The van der Waals surface area contributed by atoms with Gasteiger partial charge in [0.25, 0.3) is 0 Å². The maximum Gasteiger partial charge on any atom is 0.0585 e. The Morgan fingerprint density at radius 2 is 1.94 bits per heavy atom. The molecule has 0 aromatic rings. The molecule has 2 nitrogen and oxygen atoms in total. The van der Waals surface area contributed by atoms with Crippen LogP contribution < -0.4 is 5.32 Å². The topological polar surface area (TPSA) is 32.3 Å². The lowest BCUT2D eigenvalue weighted by Crippen LogP contribution is -2.39. The number of aliphatic hydroxyl groups excluding tert-OH is 1. The number of rotatable bonds is 11. The Hall–Kier alpha value is 0.270. The summed E-state index contributed by atoms with van der Waals surface area (Å²) in [5, 5.41) is 12.8. The minimum absolute atomic E-state index is 0.264. The Bertz CT molecular complexity index is 144. The highest BCUT2D eigenvalue weighted by Gasteiger charge is 2.10. The summed E-state index contributed by atoms with van der Waals surface area (Å²) in [6.07, 6.45) is 9.71. The number of hydrogen-bond donors (Lipinski definition) is 2. The maximum absolute atomic E-state index is 9.24. The predicted molar refractivity (Wildman–Crippen MR) is 75.2 cm³/mol. The van der Waals surface area contributed by atoms with Gasteiger partial charge in [0.15, 0.2) is 0 Å². The smallest absolute Gasteiger partial charge is 0.0585 e. The molecule has 2 atom stereocenters. The molecule has 0 heterocycles. The molecular formula is C13H29NOS. The van der Waals surface area contributed by atoms with Crippen LogP contribution in [0.1, 0.15) is 52.4 Å². The van der Waals surface area contributed by atoms with Crippen LogP contribution in [0.4, 0.5) is 0 Å². The van der Waals surface area contributed by atoms with Crippen LogP contribution in [0.3, 0.4) is 0 Å². The van der Waals surface area contributed by atoms with E-state index in [0.717, 1.165) is 12.2 Å². The fourth-order valence-electron chi connectivity index (χ4n) is 1.85. The predicted octanol–water partition coefficient (Wildman–Crippen LogP) is 3.05. The van der Waals surface area contributed by atoms with Crippen molar-refractivity contribution in [3.05, 3.63) is 0 Å². The first-order chi connectivity index (χ1) is 7.74. The quantitative estimate of drug-likeness (QED) is 0.550. The summed E-state index contributed by atoms with van der Waals surface area (Å²) in [5.41, 5.74) is 0. The van der Waals surface area contributed by atoms with Crippen LogP contribution in [0.5, 0.6) is 0 Å². The zero-order valence-corrected chi connectivity index (χ0v) is 12.0. The molecule has 2 N–H and O–H groups in total. The molecule has 0 rings (SSSR count). The summed E-state index contributed by atoms with van der Waals surface area (Å²) in [6.45, 7) is 4.74. The molecule has 0 aromatic heterocycles. The van der Waals surface area contributed by atoms with Crippen LogP contribution in [0.15, 0.2) is 0 Å². The molecule has 98 valence electrons. The number of nitrogens with one attached hydrogen (secondary N) is 1. The molecule has 0 aliphatic heterocycles. The first-order valence-electron chi connectivity index (χ1n) is 6.60. The van der Waals surface area contributed by atoms with Crippen molar-refractivity contribution in [2.24, 2.45) is 0 Å². The van der Waals surface area contributed by atoms with Gasteiger partial charge in [-0.15, -0.1) is 0 Å². The van der Waals surface area contributed by atoms with Crippen LogP contribution in [0.25, 0.3) is 0 Å². The van der Waals surface area contributed by atoms with E-state index in [1.807, 2.05) is 11.8 Å². The normalized spacial score (nSPS) is 15.0. The van der Waals surface area contributed by atoms with Gasteiger partial charge in [-0.2, -0.15) is 11.8 Å². The molecule has 16 heavy (non-hydrogen) atoms. The molecule has 0 aliphatic carbocycles. The third-order valence-corrected chi connectivity index (χ3v) is 3.55. The molecule has 0 radical (unpaired) electrons. The Kier molecular flexibility index (Phi) is 11.9. The third-order valence-electron chi connectivity index (χ3n) is 2.90. The second-order valence-electron chi connectivity index (χ2n) is 4.58. The number of hydrogen-bond acceptors (Lipinski definition) is 3. The maximum atomic E-state index is 9.24. The van der Waals surface area contributed by atoms with E-state index >= 15 is 0 Å². The average Bonchev–Trinajstić information content (AvgIpc) is 2.30. The van der Waals surface area contributed by atoms with Crippen LogP contribution in [0, 0.1) is 0 Å². The van der Waals surface area contributed by atoms with E-state index in [2.05, 4.69) is 25.4 Å². The molecule has 0 bridgehead atoms. The second kappa shape index (κ2) is 11.7. The van der Waals surface area contributed by atoms with Gasteiger partial charge in [0.2, 0.25) is 0 Å². The molecular weight excluding hydrogens is 218 g/mol. The first-order valence-corrected chi connectivity index (χ1v) is 7.99. The van der Waals surface area contributed by atoms with Gasteiger partial charge < -0.3 is 10.4 Å². The lowest BCUT2D eigenvalue weighted by molar-refractivity contribution is 0.227. The van der Waals surface area contributed by atoms with Gasteiger partial charge >= 0.3 is 0 Å². The highest BCUT2D eigenvalue weighted by Crippen LogP contribution is 2.07. The van der Waals surface area contributed by atoms with E-state index < -0.39 is 0 Å². The van der Waals surface area contributed by atoms with Gasteiger partial charge in [0.1, 0.15) is 0 Å². The fraction of sp³-hybridized carbons (Fsp3) is 1.00. The fourth-order valence-corrected chi connectivity index (χ4v) is 2.37. The molecule has 0 spiro atoms. The molecule has 0 saturated carbocycles. The van der Waals surface area contributed by atoms with Crippen molar-refractivity contribution >= 4 is 11.8 Å².